The molecule has 6 heteroatoms. The Labute approximate surface area is 203 Å². The first-order chi connectivity index (χ1) is 16.0. The number of unbranched alkanes of at least 4 members (excludes halogenated alkanes) is 14. The standard InChI is InChI=1S/C27H54O6/c1-3-5-7-9-11-13-15-17-19-22(20-18-16-14-12-10-8-6-4-2)32-27-26(31)25(30)24(29)23(21-28)33-27/h22-31H,3-21H2,1-2H3/t23-,24-,25+,26-,27?/m1/s1. The first kappa shape index (κ1) is 30.8. The molecule has 1 unspecified atom stereocenters. The summed E-state index contributed by atoms with van der Waals surface area (Å²) in [5.74, 6) is 0. The molecule has 0 aliphatic carbocycles. The van der Waals surface area contributed by atoms with Gasteiger partial charge in [-0.1, -0.05) is 117 Å². The maximum atomic E-state index is 10.4. The molecule has 0 radical (unpaired) electrons. The Morgan fingerprint density at radius 2 is 1.03 bits per heavy atom. The van der Waals surface area contributed by atoms with Crippen molar-refractivity contribution in [2.24, 2.45) is 0 Å². The van der Waals surface area contributed by atoms with Crippen LogP contribution in [0.5, 0.6) is 0 Å². The normalized spacial score (nSPS) is 25.7. The van der Waals surface area contributed by atoms with Gasteiger partial charge in [0, 0.05) is 0 Å². The van der Waals surface area contributed by atoms with E-state index in [4.69, 9.17) is 9.47 Å². The molecule has 1 aliphatic heterocycles. The zero-order chi connectivity index (χ0) is 24.3. The van der Waals surface area contributed by atoms with Crippen molar-refractivity contribution in [3.63, 3.8) is 0 Å². The van der Waals surface area contributed by atoms with Gasteiger partial charge in [-0.2, -0.15) is 0 Å². The molecule has 1 aliphatic rings. The lowest BCUT2D eigenvalue weighted by Crippen LogP contribution is -2.59. The Bertz CT molecular complexity index is 413. The molecular formula is C27H54O6. The van der Waals surface area contributed by atoms with Crippen LogP contribution < -0.4 is 0 Å². The van der Waals surface area contributed by atoms with Crippen LogP contribution in [0.3, 0.4) is 0 Å². The number of aliphatic hydroxyl groups excluding tert-OH is 4. The van der Waals surface area contributed by atoms with Crippen molar-refractivity contribution in [2.45, 2.75) is 166 Å². The van der Waals surface area contributed by atoms with E-state index < -0.39 is 37.3 Å². The molecule has 1 fully saturated rings. The van der Waals surface area contributed by atoms with Gasteiger partial charge in [-0.05, 0) is 12.8 Å². The summed E-state index contributed by atoms with van der Waals surface area (Å²) in [6, 6.07) is 0. The third kappa shape index (κ3) is 13.4. The third-order valence-electron chi connectivity index (χ3n) is 6.93. The van der Waals surface area contributed by atoms with E-state index in [1.807, 2.05) is 0 Å². The van der Waals surface area contributed by atoms with Crippen molar-refractivity contribution in [2.75, 3.05) is 6.61 Å². The van der Waals surface area contributed by atoms with Crippen LogP contribution >= 0.6 is 0 Å². The smallest absolute Gasteiger partial charge is 0.186 e. The lowest BCUT2D eigenvalue weighted by molar-refractivity contribution is -0.312. The Morgan fingerprint density at radius 1 is 0.606 bits per heavy atom. The fourth-order valence-electron chi connectivity index (χ4n) is 4.66. The van der Waals surface area contributed by atoms with Crippen molar-refractivity contribution in [3.05, 3.63) is 0 Å². The van der Waals surface area contributed by atoms with E-state index in [0.717, 1.165) is 25.7 Å². The monoisotopic (exact) mass is 474 g/mol. The summed E-state index contributed by atoms with van der Waals surface area (Å²) in [5.41, 5.74) is 0. The number of aliphatic hydroxyl groups is 4. The molecule has 33 heavy (non-hydrogen) atoms. The van der Waals surface area contributed by atoms with Crippen LogP contribution in [0.25, 0.3) is 0 Å². The van der Waals surface area contributed by atoms with E-state index >= 15 is 0 Å². The van der Waals surface area contributed by atoms with Gasteiger partial charge in [-0.25, -0.2) is 0 Å². The molecule has 6 nitrogen and oxygen atoms in total. The molecule has 5 atom stereocenters. The van der Waals surface area contributed by atoms with Crippen LogP contribution in [0.2, 0.25) is 0 Å². The quantitative estimate of drug-likeness (QED) is 0.170. The molecule has 0 spiro atoms. The molecule has 0 aromatic heterocycles. The van der Waals surface area contributed by atoms with Gasteiger partial charge < -0.3 is 29.9 Å². The van der Waals surface area contributed by atoms with Crippen molar-refractivity contribution in [1.82, 2.24) is 0 Å². The Balaban J connectivity index is 2.42. The second-order valence-corrected chi connectivity index (χ2v) is 9.98. The molecule has 4 N–H and O–H groups in total. The maximum absolute atomic E-state index is 10.4. The number of hydrogen-bond acceptors (Lipinski definition) is 6. The summed E-state index contributed by atoms with van der Waals surface area (Å²) in [6.07, 6.45) is 15.8. The lowest BCUT2D eigenvalue weighted by Gasteiger charge is -2.41. The predicted octanol–water partition coefficient (Wildman–Crippen LogP) is 5.23. The molecule has 1 heterocycles. The second-order valence-electron chi connectivity index (χ2n) is 9.98. The summed E-state index contributed by atoms with van der Waals surface area (Å²) in [6.45, 7) is 4.05. The van der Waals surface area contributed by atoms with Crippen molar-refractivity contribution in [1.29, 1.82) is 0 Å². The number of rotatable bonds is 21. The van der Waals surface area contributed by atoms with Crippen LogP contribution in [0, 0.1) is 0 Å². The SMILES string of the molecule is CCCCCCCCCCC(CCCCCCCCCC)OC1O[C@H](CO)[C@@H](O)[C@H](O)[C@H]1O. The predicted molar refractivity (Wildman–Crippen MR) is 133 cm³/mol. The first-order valence-electron chi connectivity index (χ1n) is 14.0. The van der Waals surface area contributed by atoms with Gasteiger partial charge in [0.1, 0.15) is 24.4 Å². The maximum Gasteiger partial charge on any atom is 0.186 e. The highest BCUT2D eigenvalue weighted by molar-refractivity contribution is 4.89. The molecule has 1 saturated heterocycles. The lowest BCUT2D eigenvalue weighted by atomic mass is 9.98. The largest absolute Gasteiger partial charge is 0.394 e. The minimum absolute atomic E-state index is 0.0494. The zero-order valence-corrected chi connectivity index (χ0v) is 21.5. The highest BCUT2D eigenvalue weighted by atomic mass is 16.7. The first-order valence-corrected chi connectivity index (χ1v) is 14.0. The Hall–Kier alpha value is -0.240. The summed E-state index contributed by atoms with van der Waals surface area (Å²) >= 11 is 0. The molecule has 0 aromatic carbocycles. The average molecular weight is 475 g/mol. The molecule has 198 valence electrons. The Kier molecular flexibility index (Phi) is 18.7. The van der Waals surface area contributed by atoms with E-state index in [1.54, 1.807) is 0 Å². The highest BCUT2D eigenvalue weighted by Crippen LogP contribution is 2.26. The van der Waals surface area contributed by atoms with E-state index in [2.05, 4.69) is 13.8 Å². The van der Waals surface area contributed by atoms with Crippen molar-refractivity contribution < 1.29 is 29.9 Å². The van der Waals surface area contributed by atoms with Gasteiger partial charge in [-0.3, -0.25) is 0 Å². The van der Waals surface area contributed by atoms with Gasteiger partial charge in [0.25, 0.3) is 0 Å². The van der Waals surface area contributed by atoms with E-state index in [1.165, 1.54) is 89.9 Å². The Morgan fingerprint density at radius 3 is 1.45 bits per heavy atom. The zero-order valence-electron chi connectivity index (χ0n) is 21.5. The highest BCUT2D eigenvalue weighted by Gasteiger charge is 2.44. The molecule has 0 bridgehead atoms. The summed E-state index contributed by atoms with van der Waals surface area (Å²) in [4.78, 5) is 0. The summed E-state index contributed by atoms with van der Waals surface area (Å²) in [7, 11) is 0. The summed E-state index contributed by atoms with van der Waals surface area (Å²) in [5, 5.41) is 39.9. The van der Waals surface area contributed by atoms with Crippen LogP contribution in [0.4, 0.5) is 0 Å². The van der Waals surface area contributed by atoms with Gasteiger partial charge in [0.15, 0.2) is 6.29 Å². The van der Waals surface area contributed by atoms with Gasteiger partial charge in [0.2, 0.25) is 0 Å². The average Bonchev–Trinajstić information content (AvgIpc) is 2.82. The van der Waals surface area contributed by atoms with Gasteiger partial charge >= 0.3 is 0 Å². The van der Waals surface area contributed by atoms with Crippen LogP contribution in [0.1, 0.15) is 129 Å². The molecule has 0 amide bonds. The topological polar surface area (TPSA) is 99.4 Å². The molecular weight excluding hydrogens is 420 g/mol. The van der Waals surface area contributed by atoms with Crippen molar-refractivity contribution in [3.8, 4) is 0 Å². The molecule has 1 rings (SSSR count). The fourth-order valence-corrected chi connectivity index (χ4v) is 4.66. The van der Waals surface area contributed by atoms with E-state index in [0.29, 0.717) is 0 Å². The van der Waals surface area contributed by atoms with E-state index in [-0.39, 0.29) is 6.10 Å². The minimum atomic E-state index is -1.38. The van der Waals surface area contributed by atoms with Crippen LogP contribution in [0.15, 0.2) is 0 Å². The minimum Gasteiger partial charge on any atom is -0.394 e. The summed E-state index contributed by atoms with van der Waals surface area (Å²) < 4.78 is 11.7. The molecule has 0 saturated carbocycles. The van der Waals surface area contributed by atoms with Gasteiger partial charge in [0.05, 0.1) is 12.7 Å². The van der Waals surface area contributed by atoms with Crippen LogP contribution in [-0.2, 0) is 9.47 Å². The second kappa shape index (κ2) is 20.0. The van der Waals surface area contributed by atoms with Crippen molar-refractivity contribution >= 4 is 0 Å². The number of ether oxygens (including phenoxy) is 2. The van der Waals surface area contributed by atoms with Crippen LogP contribution in [-0.4, -0.2) is 63.8 Å². The molecule has 0 aromatic rings. The van der Waals surface area contributed by atoms with Gasteiger partial charge in [-0.15, -0.1) is 0 Å². The fraction of sp³-hybridized carbons (Fsp3) is 1.00. The number of hydrogen-bond donors (Lipinski definition) is 4. The van der Waals surface area contributed by atoms with E-state index in [9.17, 15) is 20.4 Å². The third-order valence-corrected chi connectivity index (χ3v) is 6.93.